The van der Waals surface area contributed by atoms with Crippen LogP contribution in [0.1, 0.15) is 26.5 Å². The molecule has 94 valence electrons. The van der Waals surface area contributed by atoms with Gasteiger partial charge in [0.05, 0.1) is 12.3 Å². The van der Waals surface area contributed by atoms with Gasteiger partial charge in [0.1, 0.15) is 17.7 Å². The summed E-state index contributed by atoms with van der Waals surface area (Å²) < 4.78 is 10.0. The molecular weight excluding hydrogens is 222 g/mol. The van der Waals surface area contributed by atoms with Gasteiger partial charge in [-0.3, -0.25) is 5.32 Å². The van der Waals surface area contributed by atoms with E-state index in [1.54, 1.807) is 33.9 Å². The highest BCUT2D eigenvalue weighted by Crippen LogP contribution is 2.10. The highest BCUT2D eigenvalue weighted by Gasteiger charge is 2.16. The predicted molar refractivity (Wildman–Crippen MR) is 62.6 cm³/mol. The lowest BCUT2D eigenvalue weighted by Crippen LogP contribution is -2.27. The summed E-state index contributed by atoms with van der Waals surface area (Å²) in [6, 6.07) is 1.63. The van der Waals surface area contributed by atoms with Crippen molar-refractivity contribution in [2.45, 2.75) is 33.0 Å². The number of carbonyl (C=O) groups is 1. The molecule has 6 heteroatoms. The first-order valence-corrected chi connectivity index (χ1v) is 5.20. The standard InChI is InChI=1S/C11H17N3O3/c1-11(2,3)17-10(15)14-9-5-8(6-16-4)12-7-13-9/h5,7H,6H2,1-4H3,(H,12,13,14,15). The van der Waals surface area contributed by atoms with Crippen LogP contribution in [0.3, 0.4) is 0 Å². The van der Waals surface area contributed by atoms with Crippen molar-refractivity contribution in [3.05, 3.63) is 18.1 Å². The smallest absolute Gasteiger partial charge is 0.413 e. The first kappa shape index (κ1) is 13.4. The van der Waals surface area contributed by atoms with Gasteiger partial charge in [-0.25, -0.2) is 14.8 Å². The van der Waals surface area contributed by atoms with Gasteiger partial charge in [-0.2, -0.15) is 0 Å². The van der Waals surface area contributed by atoms with Crippen LogP contribution in [0.5, 0.6) is 0 Å². The van der Waals surface area contributed by atoms with Gasteiger partial charge in [0, 0.05) is 13.2 Å². The number of hydrogen-bond donors (Lipinski definition) is 1. The van der Waals surface area contributed by atoms with Crippen LogP contribution in [-0.4, -0.2) is 28.8 Å². The molecule has 0 aliphatic heterocycles. The minimum atomic E-state index is -0.542. The predicted octanol–water partition coefficient (Wildman–Crippen LogP) is 1.97. The van der Waals surface area contributed by atoms with E-state index in [-0.39, 0.29) is 0 Å². The quantitative estimate of drug-likeness (QED) is 0.872. The third-order valence-electron chi connectivity index (χ3n) is 1.64. The monoisotopic (exact) mass is 239 g/mol. The zero-order valence-corrected chi connectivity index (χ0v) is 10.5. The molecule has 6 nitrogen and oxygen atoms in total. The molecule has 17 heavy (non-hydrogen) atoms. The molecular formula is C11H17N3O3. The molecule has 0 aliphatic rings. The Bertz CT molecular complexity index is 388. The molecule has 0 aromatic carbocycles. The lowest BCUT2D eigenvalue weighted by Gasteiger charge is -2.19. The summed E-state index contributed by atoms with van der Waals surface area (Å²) in [5.41, 5.74) is 0.153. The van der Waals surface area contributed by atoms with Gasteiger partial charge in [-0.15, -0.1) is 0 Å². The molecule has 1 aromatic rings. The van der Waals surface area contributed by atoms with Crippen LogP contribution in [0.2, 0.25) is 0 Å². The molecule has 1 amide bonds. The molecule has 0 bridgehead atoms. The Labute approximate surface area is 100 Å². The molecule has 0 aliphatic carbocycles. The van der Waals surface area contributed by atoms with Crippen molar-refractivity contribution >= 4 is 11.9 Å². The van der Waals surface area contributed by atoms with Crippen LogP contribution in [0, 0.1) is 0 Å². The Hall–Kier alpha value is -1.69. The van der Waals surface area contributed by atoms with Crippen molar-refractivity contribution in [3.8, 4) is 0 Å². The van der Waals surface area contributed by atoms with E-state index in [9.17, 15) is 4.79 Å². The highest BCUT2D eigenvalue weighted by atomic mass is 16.6. The normalized spacial score (nSPS) is 11.1. The molecule has 0 atom stereocenters. The van der Waals surface area contributed by atoms with Gasteiger partial charge < -0.3 is 9.47 Å². The van der Waals surface area contributed by atoms with Crippen molar-refractivity contribution in [3.63, 3.8) is 0 Å². The van der Waals surface area contributed by atoms with E-state index < -0.39 is 11.7 Å². The Morgan fingerprint density at radius 3 is 2.71 bits per heavy atom. The fraction of sp³-hybridized carbons (Fsp3) is 0.545. The second-order valence-electron chi connectivity index (χ2n) is 4.45. The zero-order valence-electron chi connectivity index (χ0n) is 10.5. The first-order chi connectivity index (χ1) is 7.90. The highest BCUT2D eigenvalue weighted by molar-refractivity contribution is 5.83. The van der Waals surface area contributed by atoms with Crippen LogP contribution in [0.15, 0.2) is 12.4 Å². The lowest BCUT2D eigenvalue weighted by atomic mass is 10.2. The minimum Gasteiger partial charge on any atom is -0.444 e. The third kappa shape index (κ3) is 5.26. The fourth-order valence-corrected chi connectivity index (χ4v) is 1.10. The maximum absolute atomic E-state index is 11.5. The van der Waals surface area contributed by atoms with E-state index in [1.165, 1.54) is 6.33 Å². The molecule has 0 unspecified atom stereocenters. The summed E-state index contributed by atoms with van der Waals surface area (Å²) in [5, 5.41) is 2.53. The van der Waals surface area contributed by atoms with Gasteiger partial charge in [-0.05, 0) is 20.8 Å². The van der Waals surface area contributed by atoms with Crippen LogP contribution in [0.25, 0.3) is 0 Å². The number of methoxy groups -OCH3 is 1. The number of hydrogen-bond acceptors (Lipinski definition) is 5. The van der Waals surface area contributed by atoms with E-state index in [1.807, 2.05) is 0 Å². The SMILES string of the molecule is COCc1cc(NC(=O)OC(C)(C)C)ncn1. The van der Waals surface area contributed by atoms with Gasteiger partial charge in [0.25, 0.3) is 0 Å². The topological polar surface area (TPSA) is 73.3 Å². The van der Waals surface area contributed by atoms with Gasteiger partial charge in [-0.1, -0.05) is 0 Å². The van der Waals surface area contributed by atoms with Crippen LogP contribution < -0.4 is 5.32 Å². The molecule has 1 N–H and O–H groups in total. The molecule has 0 spiro atoms. The number of anilines is 1. The second kappa shape index (κ2) is 5.58. The van der Waals surface area contributed by atoms with Gasteiger partial charge >= 0.3 is 6.09 Å². The Morgan fingerprint density at radius 1 is 1.41 bits per heavy atom. The fourth-order valence-electron chi connectivity index (χ4n) is 1.10. The Kier molecular flexibility index (Phi) is 4.39. The van der Waals surface area contributed by atoms with Crippen molar-refractivity contribution in [2.24, 2.45) is 0 Å². The number of amides is 1. The van der Waals surface area contributed by atoms with E-state index >= 15 is 0 Å². The molecule has 1 rings (SSSR count). The van der Waals surface area contributed by atoms with E-state index in [2.05, 4.69) is 15.3 Å². The summed E-state index contributed by atoms with van der Waals surface area (Å²) in [4.78, 5) is 19.4. The molecule has 0 saturated heterocycles. The average molecular weight is 239 g/mol. The zero-order chi connectivity index (χ0) is 12.9. The lowest BCUT2D eigenvalue weighted by molar-refractivity contribution is 0.0635. The summed E-state index contributed by atoms with van der Waals surface area (Å²) in [5.74, 6) is 0.390. The number of ether oxygens (including phenoxy) is 2. The molecule has 0 radical (unpaired) electrons. The van der Waals surface area contributed by atoms with Crippen LogP contribution >= 0.6 is 0 Å². The van der Waals surface area contributed by atoms with Gasteiger partial charge in [0.15, 0.2) is 0 Å². The Morgan fingerprint density at radius 2 is 2.12 bits per heavy atom. The minimum absolute atomic E-state index is 0.367. The van der Waals surface area contributed by atoms with E-state index in [4.69, 9.17) is 9.47 Å². The maximum Gasteiger partial charge on any atom is 0.413 e. The van der Waals surface area contributed by atoms with Crippen molar-refractivity contribution in [2.75, 3.05) is 12.4 Å². The molecule has 0 saturated carbocycles. The van der Waals surface area contributed by atoms with Crippen molar-refractivity contribution in [1.29, 1.82) is 0 Å². The van der Waals surface area contributed by atoms with Crippen LogP contribution in [-0.2, 0) is 16.1 Å². The summed E-state index contributed by atoms with van der Waals surface area (Å²) in [7, 11) is 1.57. The maximum atomic E-state index is 11.5. The van der Waals surface area contributed by atoms with Crippen molar-refractivity contribution in [1.82, 2.24) is 9.97 Å². The first-order valence-electron chi connectivity index (χ1n) is 5.20. The molecule has 0 fully saturated rings. The second-order valence-corrected chi connectivity index (χ2v) is 4.45. The molecule has 1 aromatic heterocycles. The van der Waals surface area contributed by atoms with E-state index in [0.717, 1.165) is 0 Å². The number of carbonyl (C=O) groups excluding carboxylic acids is 1. The average Bonchev–Trinajstić information content (AvgIpc) is 2.15. The number of aromatic nitrogens is 2. The number of nitrogens with zero attached hydrogens (tertiary/aromatic N) is 2. The summed E-state index contributed by atoms with van der Waals surface area (Å²) >= 11 is 0. The Balaban J connectivity index is 2.62. The van der Waals surface area contributed by atoms with E-state index in [0.29, 0.717) is 18.1 Å². The van der Waals surface area contributed by atoms with Crippen molar-refractivity contribution < 1.29 is 14.3 Å². The molecule has 1 heterocycles. The van der Waals surface area contributed by atoms with Crippen LogP contribution in [0.4, 0.5) is 10.6 Å². The largest absolute Gasteiger partial charge is 0.444 e. The third-order valence-corrected chi connectivity index (χ3v) is 1.64. The number of rotatable bonds is 3. The number of nitrogens with one attached hydrogen (secondary N) is 1. The summed E-state index contributed by atoms with van der Waals surface area (Å²) in [6.45, 7) is 5.75. The van der Waals surface area contributed by atoms with Gasteiger partial charge in [0.2, 0.25) is 0 Å². The summed E-state index contributed by atoms with van der Waals surface area (Å²) in [6.07, 6.45) is 0.820.